The fourth-order valence-electron chi connectivity index (χ4n) is 4.35. The van der Waals surface area contributed by atoms with E-state index in [0.29, 0.717) is 35.7 Å². The number of nitrogens with one attached hydrogen (secondary N) is 2. The van der Waals surface area contributed by atoms with E-state index in [9.17, 15) is 14.4 Å². The smallest absolute Gasteiger partial charge is 0.248 e. The third kappa shape index (κ3) is 8.57. The Morgan fingerprint density at radius 1 is 1.02 bits per heavy atom. The van der Waals surface area contributed by atoms with E-state index >= 15 is 0 Å². The maximum atomic E-state index is 14.0. The lowest BCUT2D eigenvalue weighted by Gasteiger charge is -2.35. The van der Waals surface area contributed by atoms with Crippen molar-refractivity contribution >= 4 is 23.5 Å². The molecule has 0 aliphatic heterocycles. The standard InChI is InChI=1S/C31H40N4O6/c1-7-31(3,4)33-30(38)28(23-14-11-15-24(39-5)29(23)40-6)35(19-18-22-12-9-8-10-13-22)27(37)17-16-26(36)32-25-20-21(2)41-34-25/h8-15,20,28H,7,16-19H2,1-6H3,(H,33,38)(H,32,34,36)/t28-/m1/s1. The number of ether oxygens (including phenoxy) is 2. The number of benzene rings is 2. The van der Waals surface area contributed by atoms with Gasteiger partial charge in [0.1, 0.15) is 11.8 Å². The van der Waals surface area contributed by atoms with E-state index in [1.165, 1.54) is 19.1 Å². The minimum atomic E-state index is -1.04. The van der Waals surface area contributed by atoms with Crippen LogP contribution in [-0.4, -0.2) is 54.1 Å². The molecule has 3 aromatic rings. The molecule has 220 valence electrons. The van der Waals surface area contributed by atoms with Gasteiger partial charge in [-0.3, -0.25) is 14.4 Å². The summed E-state index contributed by atoms with van der Waals surface area (Å²) >= 11 is 0. The van der Waals surface area contributed by atoms with E-state index in [2.05, 4.69) is 15.8 Å². The number of methoxy groups -OCH3 is 2. The Labute approximate surface area is 241 Å². The molecule has 0 aliphatic rings. The second-order valence-corrected chi connectivity index (χ2v) is 10.4. The van der Waals surface area contributed by atoms with Crippen molar-refractivity contribution in [2.24, 2.45) is 0 Å². The number of aryl methyl sites for hydroxylation is 1. The Hall–Kier alpha value is -4.34. The van der Waals surface area contributed by atoms with Crippen LogP contribution in [0.2, 0.25) is 0 Å². The SMILES string of the molecule is CCC(C)(C)NC(=O)[C@@H](c1cccc(OC)c1OC)N(CCc1ccccc1)C(=O)CCC(=O)Nc1cc(C)on1. The lowest BCUT2D eigenvalue weighted by atomic mass is 9.97. The van der Waals surface area contributed by atoms with Gasteiger partial charge in [0.05, 0.1) is 14.2 Å². The van der Waals surface area contributed by atoms with Crippen LogP contribution in [0.1, 0.15) is 63.0 Å². The van der Waals surface area contributed by atoms with E-state index in [0.717, 1.165) is 5.56 Å². The topological polar surface area (TPSA) is 123 Å². The fourth-order valence-corrected chi connectivity index (χ4v) is 4.35. The van der Waals surface area contributed by atoms with Crippen LogP contribution in [0.25, 0.3) is 0 Å². The van der Waals surface area contributed by atoms with Crippen molar-refractivity contribution in [1.29, 1.82) is 0 Å². The van der Waals surface area contributed by atoms with Crippen molar-refractivity contribution in [2.75, 3.05) is 26.1 Å². The van der Waals surface area contributed by atoms with Crippen LogP contribution < -0.4 is 20.1 Å². The number of carbonyl (C=O) groups is 3. The van der Waals surface area contributed by atoms with Gasteiger partial charge in [-0.2, -0.15) is 0 Å². The molecule has 0 unspecified atom stereocenters. The molecule has 3 amide bonds. The Morgan fingerprint density at radius 2 is 1.76 bits per heavy atom. The third-order valence-electron chi connectivity index (χ3n) is 6.90. The monoisotopic (exact) mass is 564 g/mol. The van der Waals surface area contributed by atoms with E-state index in [1.54, 1.807) is 31.2 Å². The van der Waals surface area contributed by atoms with Crippen molar-refractivity contribution in [2.45, 2.75) is 65.0 Å². The molecule has 0 spiro atoms. The second-order valence-electron chi connectivity index (χ2n) is 10.4. The molecular weight excluding hydrogens is 524 g/mol. The van der Waals surface area contributed by atoms with Crippen molar-refractivity contribution in [3.63, 3.8) is 0 Å². The highest BCUT2D eigenvalue weighted by Crippen LogP contribution is 2.38. The minimum absolute atomic E-state index is 0.101. The number of rotatable bonds is 14. The average Bonchev–Trinajstić information content (AvgIpc) is 3.37. The van der Waals surface area contributed by atoms with Gasteiger partial charge in [-0.05, 0) is 45.2 Å². The fraction of sp³-hybridized carbons (Fsp3) is 0.419. The predicted molar refractivity (Wildman–Crippen MR) is 156 cm³/mol. The summed E-state index contributed by atoms with van der Waals surface area (Å²) in [6, 6.07) is 15.5. The Morgan fingerprint density at radius 3 is 2.37 bits per heavy atom. The second kappa shape index (κ2) is 14.3. The molecule has 10 nitrogen and oxygen atoms in total. The summed E-state index contributed by atoms with van der Waals surface area (Å²) in [4.78, 5) is 42.1. The Bertz CT molecular complexity index is 1320. The molecular formula is C31H40N4O6. The van der Waals surface area contributed by atoms with E-state index in [-0.39, 0.29) is 42.9 Å². The summed E-state index contributed by atoms with van der Waals surface area (Å²) in [6.45, 7) is 7.79. The summed E-state index contributed by atoms with van der Waals surface area (Å²) in [5.74, 6) is 0.540. The Kier molecular flexibility index (Phi) is 10.9. The average molecular weight is 565 g/mol. The largest absolute Gasteiger partial charge is 0.493 e. The van der Waals surface area contributed by atoms with Crippen molar-refractivity contribution in [3.8, 4) is 11.5 Å². The first-order chi connectivity index (χ1) is 19.6. The molecule has 0 fully saturated rings. The number of carbonyl (C=O) groups excluding carboxylic acids is 3. The molecule has 3 rings (SSSR count). The van der Waals surface area contributed by atoms with Crippen molar-refractivity contribution < 1.29 is 28.4 Å². The molecule has 0 saturated carbocycles. The summed E-state index contributed by atoms with van der Waals surface area (Å²) in [5.41, 5.74) is 0.973. The zero-order chi connectivity index (χ0) is 30.0. The maximum absolute atomic E-state index is 14.0. The molecule has 10 heteroatoms. The quantitative estimate of drug-likeness (QED) is 0.287. The normalized spacial score (nSPS) is 11.9. The van der Waals surface area contributed by atoms with Gasteiger partial charge in [0, 0.05) is 36.6 Å². The van der Waals surface area contributed by atoms with Gasteiger partial charge < -0.3 is 29.5 Å². The van der Waals surface area contributed by atoms with Crippen LogP contribution in [0, 0.1) is 6.92 Å². The minimum Gasteiger partial charge on any atom is -0.493 e. The first kappa shape index (κ1) is 31.2. The number of nitrogens with zero attached hydrogens (tertiary/aromatic N) is 2. The molecule has 0 bridgehead atoms. The lowest BCUT2D eigenvalue weighted by Crippen LogP contribution is -2.50. The van der Waals surface area contributed by atoms with Gasteiger partial charge in [0.2, 0.25) is 17.7 Å². The molecule has 2 aromatic carbocycles. The molecule has 1 aromatic heterocycles. The lowest BCUT2D eigenvalue weighted by molar-refractivity contribution is -0.142. The van der Waals surface area contributed by atoms with Crippen molar-refractivity contribution in [3.05, 3.63) is 71.5 Å². The van der Waals surface area contributed by atoms with Gasteiger partial charge in [-0.25, -0.2) is 0 Å². The van der Waals surface area contributed by atoms with Gasteiger partial charge in [-0.1, -0.05) is 54.5 Å². The van der Waals surface area contributed by atoms with E-state index < -0.39 is 11.6 Å². The summed E-state index contributed by atoms with van der Waals surface area (Å²) in [7, 11) is 3.02. The van der Waals surface area contributed by atoms with Crippen molar-refractivity contribution in [1.82, 2.24) is 15.4 Å². The highest BCUT2D eigenvalue weighted by atomic mass is 16.5. The van der Waals surface area contributed by atoms with Crippen LogP contribution >= 0.6 is 0 Å². The maximum Gasteiger partial charge on any atom is 0.248 e. The zero-order valence-electron chi connectivity index (χ0n) is 24.7. The first-order valence-electron chi connectivity index (χ1n) is 13.7. The third-order valence-corrected chi connectivity index (χ3v) is 6.90. The highest BCUT2D eigenvalue weighted by Gasteiger charge is 2.36. The van der Waals surface area contributed by atoms with Gasteiger partial charge in [0.25, 0.3) is 0 Å². The molecule has 0 radical (unpaired) electrons. The number of anilines is 1. The summed E-state index contributed by atoms with van der Waals surface area (Å²) < 4.78 is 16.2. The van der Waals surface area contributed by atoms with Crippen LogP contribution in [0.3, 0.4) is 0 Å². The molecule has 41 heavy (non-hydrogen) atoms. The van der Waals surface area contributed by atoms with Crippen LogP contribution in [0.4, 0.5) is 5.82 Å². The Balaban J connectivity index is 1.98. The first-order valence-corrected chi connectivity index (χ1v) is 13.7. The number of hydrogen-bond donors (Lipinski definition) is 2. The van der Waals surface area contributed by atoms with E-state index in [1.807, 2.05) is 51.1 Å². The zero-order valence-corrected chi connectivity index (χ0v) is 24.7. The molecule has 1 heterocycles. The van der Waals surface area contributed by atoms with Crippen LogP contribution in [0.15, 0.2) is 59.1 Å². The van der Waals surface area contributed by atoms with Gasteiger partial charge in [-0.15, -0.1) is 0 Å². The van der Waals surface area contributed by atoms with Gasteiger partial charge >= 0.3 is 0 Å². The number of hydrogen-bond acceptors (Lipinski definition) is 7. The van der Waals surface area contributed by atoms with Crippen LogP contribution in [-0.2, 0) is 20.8 Å². The van der Waals surface area contributed by atoms with Gasteiger partial charge in [0.15, 0.2) is 17.3 Å². The predicted octanol–water partition coefficient (Wildman–Crippen LogP) is 4.84. The number of aromatic nitrogens is 1. The number of amides is 3. The van der Waals surface area contributed by atoms with Crippen LogP contribution in [0.5, 0.6) is 11.5 Å². The highest BCUT2D eigenvalue weighted by molar-refractivity contribution is 5.94. The molecule has 1 atom stereocenters. The molecule has 2 N–H and O–H groups in total. The summed E-state index contributed by atoms with van der Waals surface area (Å²) in [5, 5.41) is 9.51. The molecule has 0 aliphatic carbocycles. The number of para-hydroxylation sites is 1. The summed E-state index contributed by atoms with van der Waals surface area (Å²) in [6.07, 6.45) is 0.964. The van der Waals surface area contributed by atoms with E-state index in [4.69, 9.17) is 14.0 Å². The molecule has 0 saturated heterocycles.